The number of ketones is 1. The number of fused-ring (bicyclic) bond motifs is 1. The van der Waals surface area contributed by atoms with Crippen LogP contribution in [0.4, 0.5) is 0 Å². The van der Waals surface area contributed by atoms with Crippen LogP contribution < -0.4 is 11.1 Å². The molecule has 0 bridgehead atoms. The summed E-state index contributed by atoms with van der Waals surface area (Å²) in [4.78, 5) is 12.5. The molecule has 24 heavy (non-hydrogen) atoms. The van der Waals surface area contributed by atoms with Gasteiger partial charge in [0.05, 0.1) is 6.10 Å². The molecule has 1 heterocycles. The molecular formula is C20H36N2O2. The molecule has 3 fully saturated rings. The van der Waals surface area contributed by atoms with Crippen molar-refractivity contribution < 1.29 is 9.90 Å². The monoisotopic (exact) mass is 336 g/mol. The molecule has 1 saturated heterocycles. The minimum atomic E-state index is -0.443. The second-order valence-electron chi connectivity index (χ2n) is 9.28. The van der Waals surface area contributed by atoms with Gasteiger partial charge in [0.15, 0.2) is 0 Å². The number of nitrogens with two attached hydrogens (primary N) is 1. The van der Waals surface area contributed by atoms with Crippen LogP contribution in [0.3, 0.4) is 0 Å². The van der Waals surface area contributed by atoms with Gasteiger partial charge in [0.1, 0.15) is 5.78 Å². The topological polar surface area (TPSA) is 75.4 Å². The first-order valence-corrected chi connectivity index (χ1v) is 9.93. The fourth-order valence-corrected chi connectivity index (χ4v) is 5.85. The van der Waals surface area contributed by atoms with Gasteiger partial charge < -0.3 is 16.2 Å². The molecule has 0 radical (unpaired) electrons. The van der Waals surface area contributed by atoms with E-state index in [-0.39, 0.29) is 41.2 Å². The zero-order valence-electron chi connectivity index (χ0n) is 16.0. The van der Waals surface area contributed by atoms with Gasteiger partial charge in [-0.25, -0.2) is 0 Å². The number of hydrogen-bond acceptors (Lipinski definition) is 4. The van der Waals surface area contributed by atoms with Crippen LogP contribution in [-0.4, -0.2) is 34.6 Å². The maximum Gasteiger partial charge on any atom is 0.134 e. The molecule has 0 aromatic carbocycles. The van der Waals surface area contributed by atoms with Crippen molar-refractivity contribution in [2.75, 3.05) is 0 Å². The van der Waals surface area contributed by atoms with Gasteiger partial charge in [-0.2, -0.15) is 0 Å². The Bertz CT molecular complexity index is 496. The maximum absolute atomic E-state index is 12.5. The largest absolute Gasteiger partial charge is 0.391 e. The van der Waals surface area contributed by atoms with Gasteiger partial charge >= 0.3 is 0 Å². The number of hydrogen-bond donors (Lipinski definition) is 3. The van der Waals surface area contributed by atoms with E-state index in [9.17, 15) is 9.90 Å². The standard InChI is InChI=1S/C20H36N2O2/c1-6-13-16(17(13)21)15(12(4)23)18-19(24)14-9-11(3)10(2)7-8-20(14,5)22-18/h10-11,13-19,22,24H,6-9,21H2,1-5H3. The smallest absolute Gasteiger partial charge is 0.134 e. The number of carbonyl (C=O) groups excluding carboxylic acids is 1. The molecular weight excluding hydrogens is 300 g/mol. The van der Waals surface area contributed by atoms with Crippen molar-refractivity contribution in [1.82, 2.24) is 5.32 Å². The fraction of sp³-hybridized carbons (Fsp3) is 0.950. The molecule has 4 N–H and O–H groups in total. The summed E-state index contributed by atoms with van der Waals surface area (Å²) in [6, 6.07) is -0.0132. The normalized spacial score (nSPS) is 52.5. The van der Waals surface area contributed by atoms with E-state index >= 15 is 0 Å². The minimum absolute atomic E-state index is 0.0580. The highest BCUT2D eigenvalue weighted by molar-refractivity contribution is 5.80. The Hall–Kier alpha value is -0.450. The summed E-state index contributed by atoms with van der Waals surface area (Å²) in [6.45, 7) is 10.7. The molecule has 4 heteroatoms. The summed E-state index contributed by atoms with van der Waals surface area (Å²) in [5.74, 6) is 2.27. The average Bonchev–Trinajstić information content (AvgIpc) is 3.12. The van der Waals surface area contributed by atoms with Crippen LogP contribution in [0.15, 0.2) is 0 Å². The summed E-state index contributed by atoms with van der Waals surface area (Å²) in [5.41, 5.74) is 6.20. The minimum Gasteiger partial charge on any atom is -0.391 e. The summed E-state index contributed by atoms with van der Waals surface area (Å²) < 4.78 is 0. The molecule has 0 aromatic rings. The molecule has 4 nitrogen and oxygen atoms in total. The molecule has 0 aromatic heterocycles. The highest BCUT2D eigenvalue weighted by Crippen LogP contribution is 2.51. The Balaban J connectivity index is 1.84. The molecule has 10 atom stereocenters. The lowest BCUT2D eigenvalue weighted by Gasteiger charge is -2.31. The molecule has 0 amide bonds. The lowest BCUT2D eigenvalue weighted by molar-refractivity contribution is -0.123. The van der Waals surface area contributed by atoms with Gasteiger partial charge in [-0.3, -0.25) is 4.79 Å². The molecule has 2 saturated carbocycles. The van der Waals surface area contributed by atoms with E-state index < -0.39 is 6.10 Å². The lowest BCUT2D eigenvalue weighted by Crippen LogP contribution is -2.48. The second kappa shape index (κ2) is 6.37. The fourth-order valence-electron chi connectivity index (χ4n) is 5.85. The molecule has 10 unspecified atom stereocenters. The van der Waals surface area contributed by atoms with Crippen LogP contribution in [0, 0.1) is 35.5 Å². The predicted octanol–water partition coefficient (Wildman–Crippen LogP) is 2.34. The van der Waals surface area contributed by atoms with Crippen molar-refractivity contribution >= 4 is 5.78 Å². The number of aliphatic hydroxyl groups is 1. The van der Waals surface area contributed by atoms with E-state index in [0.717, 1.165) is 19.3 Å². The Morgan fingerprint density at radius 1 is 1.38 bits per heavy atom. The Morgan fingerprint density at radius 3 is 2.58 bits per heavy atom. The van der Waals surface area contributed by atoms with Crippen molar-refractivity contribution in [1.29, 1.82) is 0 Å². The van der Waals surface area contributed by atoms with Crippen LogP contribution in [0.5, 0.6) is 0 Å². The number of nitrogens with one attached hydrogen (secondary N) is 1. The first kappa shape index (κ1) is 18.3. The summed E-state index contributed by atoms with van der Waals surface area (Å²) in [7, 11) is 0. The summed E-state index contributed by atoms with van der Waals surface area (Å²) in [6.07, 6.45) is 3.89. The van der Waals surface area contributed by atoms with E-state index in [0.29, 0.717) is 17.8 Å². The molecule has 0 spiro atoms. The van der Waals surface area contributed by atoms with Gasteiger partial charge in [0, 0.05) is 29.5 Å². The number of carbonyl (C=O) groups is 1. The van der Waals surface area contributed by atoms with Gasteiger partial charge in [0.2, 0.25) is 0 Å². The molecule has 2 aliphatic carbocycles. The van der Waals surface area contributed by atoms with E-state index in [1.54, 1.807) is 6.92 Å². The highest BCUT2D eigenvalue weighted by Gasteiger charge is 2.60. The Morgan fingerprint density at radius 2 is 2.04 bits per heavy atom. The maximum atomic E-state index is 12.5. The van der Waals surface area contributed by atoms with Crippen molar-refractivity contribution in [3.8, 4) is 0 Å². The summed E-state index contributed by atoms with van der Waals surface area (Å²) in [5, 5.41) is 14.9. The molecule has 1 aliphatic heterocycles. The predicted molar refractivity (Wildman–Crippen MR) is 96.4 cm³/mol. The molecule has 3 rings (SSSR count). The van der Waals surface area contributed by atoms with Crippen LogP contribution in [0.2, 0.25) is 0 Å². The SMILES string of the molecule is CCC1C(N)C1C(C(C)=O)C1NC2(C)CCC(C)C(C)CC2C1O. The van der Waals surface area contributed by atoms with E-state index in [1.807, 2.05) is 0 Å². The Labute approximate surface area is 147 Å². The molecule has 3 aliphatic rings. The molecule has 138 valence electrons. The number of aliphatic hydroxyl groups excluding tert-OH is 1. The Kier molecular flexibility index (Phi) is 4.87. The number of Topliss-reactive ketones (excluding diaryl/α,β-unsaturated/α-hetero) is 1. The van der Waals surface area contributed by atoms with Gasteiger partial charge in [-0.1, -0.05) is 27.2 Å². The second-order valence-corrected chi connectivity index (χ2v) is 9.28. The van der Waals surface area contributed by atoms with Gasteiger partial charge in [0.25, 0.3) is 0 Å². The van der Waals surface area contributed by atoms with Crippen LogP contribution in [0.1, 0.15) is 60.3 Å². The third kappa shape index (κ3) is 2.85. The van der Waals surface area contributed by atoms with Crippen molar-refractivity contribution in [3.63, 3.8) is 0 Å². The zero-order chi connectivity index (χ0) is 17.8. The average molecular weight is 337 g/mol. The van der Waals surface area contributed by atoms with E-state index in [4.69, 9.17) is 5.73 Å². The van der Waals surface area contributed by atoms with Crippen molar-refractivity contribution in [3.05, 3.63) is 0 Å². The number of rotatable bonds is 4. The van der Waals surface area contributed by atoms with Crippen LogP contribution >= 0.6 is 0 Å². The van der Waals surface area contributed by atoms with Crippen LogP contribution in [-0.2, 0) is 4.79 Å². The zero-order valence-corrected chi connectivity index (χ0v) is 16.0. The van der Waals surface area contributed by atoms with Crippen molar-refractivity contribution in [2.45, 2.75) is 84.0 Å². The third-order valence-electron chi connectivity index (χ3n) is 7.85. The van der Waals surface area contributed by atoms with Crippen molar-refractivity contribution in [2.24, 2.45) is 41.2 Å². The summed E-state index contributed by atoms with van der Waals surface area (Å²) >= 11 is 0. The van der Waals surface area contributed by atoms with E-state index in [1.165, 1.54) is 6.42 Å². The highest BCUT2D eigenvalue weighted by atomic mass is 16.3. The quantitative estimate of drug-likeness (QED) is 0.736. The van der Waals surface area contributed by atoms with Gasteiger partial charge in [-0.05, 0) is 56.8 Å². The van der Waals surface area contributed by atoms with E-state index in [2.05, 4.69) is 33.0 Å². The van der Waals surface area contributed by atoms with Crippen LogP contribution in [0.25, 0.3) is 0 Å². The first-order valence-electron chi connectivity index (χ1n) is 9.93. The third-order valence-corrected chi connectivity index (χ3v) is 7.85. The first-order chi connectivity index (χ1) is 11.2. The lowest BCUT2D eigenvalue weighted by atomic mass is 9.77. The van der Waals surface area contributed by atoms with Gasteiger partial charge in [-0.15, -0.1) is 0 Å².